The maximum absolute atomic E-state index is 2.61. The second-order valence-corrected chi connectivity index (χ2v) is 17.7. The molecule has 0 saturated heterocycles. The molecule has 25 heavy (non-hydrogen) atoms. The fourth-order valence-corrected chi connectivity index (χ4v) is 17.1. The SMILES string of the molecule is CC(C)(C)C1=PC2(C(C)(C)C)P=C(C(C)(C)C)P1C1C2[C@H]2C=C[C@@H]1C2. The van der Waals surface area contributed by atoms with Gasteiger partial charge in [-0.15, -0.1) is 0 Å². The predicted molar refractivity (Wildman–Crippen MR) is 120 cm³/mol. The van der Waals surface area contributed by atoms with E-state index in [1.54, 1.807) is 16.4 Å². The molecule has 138 valence electrons. The van der Waals surface area contributed by atoms with E-state index < -0.39 is 0 Å². The Bertz CT molecular complexity index is 658. The molecule has 2 unspecified atom stereocenters. The molecule has 2 aliphatic carbocycles. The minimum absolute atomic E-state index is 0.0832. The molecule has 3 heteroatoms. The molecule has 0 aromatic carbocycles. The Morgan fingerprint density at radius 2 is 1.32 bits per heavy atom. The monoisotopic (exact) mass is 392 g/mol. The first kappa shape index (κ1) is 18.9. The topological polar surface area (TPSA) is 0 Å². The molecular weight excluding hydrogens is 357 g/mol. The lowest BCUT2D eigenvalue weighted by atomic mass is 9.77. The average molecular weight is 392 g/mol. The standard InChI is InChI=1S/C22H35P3/c1-19(2,3)17-23-22(21(7,8)9)15-13-10-11-14(12-13)16(15)25(17)18(24-22)20(4,5)6/h10-11,13-16H,12H2,1-9H3/t13-,14+,15?,16?,22?,25?/m0/s1. The molecule has 1 fully saturated rings. The van der Waals surface area contributed by atoms with Crippen LogP contribution in [0.1, 0.15) is 68.7 Å². The lowest BCUT2D eigenvalue weighted by Crippen LogP contribution is -2.54. The zero-order valence-corrected chi connectivity index (χ0v) is 20.2. The summed E-state index contributed by atoms with van der Waals surface area (Å²) in [6.45, 7) is 22.6. The highest BCUT2D eigenvalue weighted by molar-refractivity contribution is 8.06. The summed E-state index contributed by atoms with van der Waals surface area (Å²) in [5, 5.41) is 3.84. The second-order valence-electron chi connectivity index (χ2n) is 11.7. The molecule has 0 N–H and O–H groups in total. The van der Waals surface area contributed by atoms with E-state index in [0.29, 0.717) is 21.1 Å². The van der Waals surface area contributed by atoms with Crippen LogP contribution in [-0.4, -0.2) is 20.6 Å². The lowest BCUT2D eigenvalue weighted by Gasteiger charge is -2.61. The van der Waals surface area contributed by atoms with E-state index in [1.165, 1.54) is 6.42 Å². The maximum atomic E-state index is 2.61. The van der Waals surface area contributed by atoms with Crippen molar-refractivity contribution < 1.29 is 0 Å². The third-order valence-electron chi connectivity index (χ3n) is 6.64. The summed E-state index contributed by atoms with van der Waals surface area (Å²) in [6, 6.07) is 0. The van der Waals surface area contributed by atoms with Gasteiger partial charge in [-0.1, -0.05) is 90.9 Å². The van der Waals surface area contributed by atoms with Gasteiger partial charge in [0, 0.05) is 0 Å². The summed E-state index contributed by atoms with van der Waals surface area (Å²) in [7, 11) is 3.35. The Kier molecular flexibility index (Phi) is 4.00. The number of fused-ring (bicyclic) bond motifs is 2. The normalized spacial score (nSPS) is 43.8. The summed E-state index contributed by atoms with van der Waals surface area (Å²) in [4.78, 5) is 0.421. The second kappa shape index (κ2) is 5.31. The van der Waals surface area contributed by atoms with Crippen molar-refractivity contribution in [1.29, 1.82) is 0 Å². The fourth-order valence-electron chi connectivity index (χ4n) is 5.57. The van der Waals surface area contributed by atoms with E-state index in [4.69, 9.17) is 0 Å². The van der Waals surface area contributed by atoms with E-state index in [0.717, 1.165) is 23.4 Å². The van der Waals surface area contributed by atoms with Crippen molar-refractivity contribution in [3.8, 4) is 0 Å². The van der Waals surface area contributed by atoms with Crippen molar-refractivity contribution in [2.24, 2.45) is 34.0 Å². The van der Waals surface area contributed by atoms with Crippen molar-refractivity contribution >= 4 is 34.4 Å². The lowest BCUT2D eigenvalue weighted by molar-refractivity contribution is 0.252. The van der Waals surface area contributed by atoms with Gasteiger partial charge in [0.2, 0.25) is 0 Å². The molecule has 4 bridgehead atoms. The van der Waals surface area contributed by atoms with Gasteiger partial charge in [-0.2, -0.15) is 0 Å². The predicted octanol–water partition coefficient (Wildman–Crippen LogP) is 7.67. The molecule has 0 aromatic rings. The smallest absolute Gasteiger partial charge is 0.0631 e. The number of hydrogen-bond donors (Lipinski definition) is 0. The van der Waals surface area contributed by atoms with E-state index >= 15 is 0 Å². The van der Waals surface area contributed by atoms with Crippen LogP contribution in [0.5, 0.6) is 0 Å². The van der Waals surface area contributed by atoms with Crippen molar-refractivity contribution in [3.05, 3.63) is 12.2 Å². The highest BCUT2D eigenvalue weighted by Crippen LogP contribution is 2.81. The third kappa shape index (κ3) is 2.50. The van der Waals surface area contributed by atoms with E-state index in [1.807, 2.05) is 10.1 Å². The highest BCUT2D eigenvalue weighted by Gasteiger charge is 2.66. The van der Waals surface area contributed by atoms with Gasteiger partial charge in [0.1, 0.15) is 0 Å². The number of allylic oxidation sites excluding steroid dienone is 2. The highest BCUT2D eigenvalue weighted by atomic mass is 31.2. The summed E-state index contributed by atoms with van der Waals surface area (Å²) in [6.07, 6.45) is 6.67. The largest absolute Gasteiger partial charge is 0.0847 e. The van der Waals surface area contributed by atoms with Crippen LogP contribution >= 0.6 is 24.3 Å². The van der Waals surface area contributed by atoms with Gasteiger partial charge in [-0.05, 0) is 64.1 Å². The van der Waals surface area contributed by atoms with Gasteiger partial charge in [-0.3, -0.25) is 0 Å². The molecule has 3 aliphatic heterocycles. The third-order valence-corrected chi connectivity index (χ3v) is 17.1. The van der Waals surface area contributed by atoms with Crippen molar-refractivity contribution in [1.82, 2.24) is 0 Å². The zero-order chi connectivity index (χ0) is 18.6. The molecule has 0 amide bonds. The molecule has 0 radical (unpaired) electrons. The quantitative estimate of drug-likeness (QED) is 0.293. The van der Waals surface area contributed by atoms with Crippen LogP contribution < -0.4 is 0 Å². The Morgan fingerprint density at radius 3 is 1.76 bits per heavy atom. The molecule has 5 rings (SSSR count). The summed E-state index contributed by atoms with van der Waals surface area (Å²) >= 11 is 0. The molecule has 4 atom stereocenters. The number of rotatable bonds is 0. The van der Waals surface area contributed by atoms with Crippen LogP contribution in [0.25, 0.3) is 0 Å². The van der Waals surface area contributed by atoms with Gasteiger partial charge in [0.05, 0.1) is 4.90 Å². The Balaban J connectivity index is 2.02. The summed E-state index contributed by atoms with van der Waals surface area (Å²) < 4.78 is 0. The van der Waals surface area contributed by atoms with E-state index in [-0.39, 0.29) is 7.92 Å². The Morgan fingerprint density at radius 1 is 0.840 bits per heavy atom. The van der Waals surface area contributed by atoms with Crippen LogP contribution in [0.3, 0.4) is 0 Å². The molecular formula is C22H35P3. The first-order valence-electron chi connectivity index (χ1n) is 9.96. The molecule has 0 aromatic heterocycles. The van der Waals surface area contributed by atoms with Crippen LogP contribution in [0.15, 0.2) is 12.2 Å². The van der Waals surface area contributed by atoms with Crippen LogP contribution in [0.2, 0.25) is 0 Å². The maximum Gasteiger partial charge on any atom is 0.0631 e. The fraction of sp³-hybridized carbons (Fsp3) is 0.818. The molecule has 5 aliphatic rings. The van der Waals surface area contributed by atoms with Crippen molar-refractivity contribution in [2.75, 3.05) is 0 Å². The zero-order valence-electron chi connectivity index (χ0n) is 17.5. The van der Waals surface area contributed by atoms with Crippen LogP contribution in [-0.2, 0) is 0 Å². The number of hydrogen-bond acceptors (Lipinski definition) is 0. The van der Waals surface area contributed by atoms with Crippen molar-refractivity contribution in [3.63, 3.8) is 0 Å². The average Bonchev–Trinajstić information content (AvgIpc) is 3.06. The van der Waals surface area contributed by atoms with Gasteiger partial charge in [0.25, 0.3) is 0 Å². The van der Waals surface area contributed by atoms with Gasteiger partial charge >= 0.3 is 0 Å². The first-order chi connectivity index (χ1) is 11.3. The van der Waals surface area contributed by atoms with Gasteiger partial charge < -0.3 is 0 Å². The Hall–Kier alpha value is 0.510. The molecule has 0 nitrogen and oxygen atoms in total. The Labute approximate surface area is 160 Å². The van der Waals surface area contributed by atoms with E-state index in [2.05, 4.69) is 74.5 Å². The van der Waals surface area contributed by atoms with E-state index in [9.17, 15) is 0 Å². The molecule has 1 saturated carbocycles. The van der Waals surface area contributed by atoms with Gasteiger partial charge in [-0.25, -0.2) is 0 Å². The summed E-state index contributed by atoms with van der Waals surface area (Å²) in [5.74, 6) is 2.65. The minimum Gasteiger partial charge on any atom is -0.0847 e. The molecule has 0 spiro atoms. The van der Waals surface area contributed by atoms with Crippen LogP contribution in [0, 0.1) is 34.0 Å². The summed E-state index contributed by atoms with van der Waals surface area (Å²) in [5.41, 5.74) is 1.97. The van der Waals surface area contributed by atoms with Crippen molar-refractivity contribution in [2.45, 2.75) is 79.3 Å². The first-order valence-corrected chi connectivity index (χ1v) is 13.2. The molecule has 3 heterocycles. The van der Waals surface area contributed by atoms with Crippen LogP contribution in [0.4, 0.5) is 0 Å². The minimum atomic E-state index is -0.0832. The van der Waals surface area contributed by atoms with Gasteiger partial charge in [0.15, 0.2) is 0 Å².